The Balaban J connectivity index is 2.96. The molecule has 5 heteroatoms. The van der Waals surface area contributed by atoms with E-state index in [2.05, 4.69) is 15.4 Å². The van der Waals surface area contributed by atoms with Crippen molar-refractivity contribution in [3.63, 3.8) is 0 Å². The highest BCUT2D eigenvalue weighted by atomic mass is 31.1. The summed E-state index contributed by atoms with van der Waals surface area (Å²) >= 11 is 0. The zero-order valence-corrected chi connectivity index (χ0v) is 4.61. The molecule has 1 N–H and O–H groups in total. The number of aromatic amines is 1. The van der Waals surface area contributed by atoms with Gasteiger partial charge in [-0.1, -0.05) is 5.21 Å². The second kappa shape index (κ2) is 1.89. The molecular formula is C2H4N3OP. The van der Waals surface area contributed by atoms with E-state index in [0.717, 1.165) is 0 Å². The van der Waals surface area contributed by atoms with Gasteiger partial charge in [0.2, 0.25) is 0 Å². The third-order valence-corrected chi connectivity index (χ3v) is 1.08. The molecule has 0 aliphatic heterocycles. The summed E-state index contributed by atoms with van der Waals surface area (Å²) in [6, 6.07) is 0. The highest BCUT2D eigenvalue weighted by Crippen LogP contribution is 1.83. The van der Waals surface area contributed by atoms with Crippen molar-refractivity contribution in [3.8, 4) is 0 Å². The van der Waals surface area contributed by atoms with Crippen LogP contribution in [0.1, 0.15) is 0 Å². The molecule has 1 atom stereocenters. The predicted octanol–water partition coefficient (Wildman–Crippen LogP) is -0.814. The minimum Gasteiger partial charge on any atom is -0.323 e. The molecule has 0 fully saturated rings. The van der Waals surface area contributed by atoms with Crippen LogP contribution in [0, 0.1) is 0 Å². The summed E-state index contributed by atoms with van der Waals surface area (Å²) in [7, 11) is -0.911. The van der Waals surface area contributed by atoms with Crippen LogP contribution in [0.4, 0.5) is 0 Å². The summed E-state index contributed by atoms with van der Waals surface area (Å²) in [4.78, 5) is 0. The van der Waals surface area contributed by atoms with E-state index in [-0.39, 0.29) is 0 Å². The lowest BCUT2D eigenvalue weighted by Crippen LogP contribution is -1.87. The Morgan fingerprint density at radius 3 is 3.00 bits per heavy atom. The molecule has 1 unspecified atom stereocenters. The first-order valence-corrected chi connectivity index (χ1v) is 2.80. The van der Waals surface area contributed by atoms with Crippen LogP contribution in [0.5, 0.6) is 0 Å². The fourth-order valence-corrected chi connectivity index (χ4v) is 0.516. The van der Waals surface area contributed by atoms with Crippen molar-refractivity contribution in [2.24, 2.45) is 0 Å². The van der Waals surface area contributed by atoms with Crippen molar-refractivity contribution < 1.29 is 4.57 Å². The molecule has 0 aliphatic carbocycles. The number of nitrogens with one attached hydrogen (secondary N) is 1. The van der Waals surface area contributed by atoms with Gasteiger partial charge in [-0.15, -0.1) is 5.10 Å². The van der Waals surface area contributed by atoms with Gasteiger partial charge in [-0.25, -0.2) is 0 Å². The van der Waals surface area contributed by atoms with Gasteiger partial charge in [-0.3, -0.25) is 5.10 Å². The normalized spacial score (nSPS) is 10.9. The predicted molar refractivity (Wildman–Crippen MR) is 26.4 cm³/mol. The van der Waals surface area contributed by atoms with E-state index >= 15 is 0 Å². The largest absolute Gasteiger partial charge is 0.323 e. The molecular weight excluding hydrogens is 113 g/mol. The molecule has 1 aromatic rings. The fourth-order valence-electron chi connectivity index (χ4n) is 0.268. The van der Waals surface area contributed by atoms with Crippen LogP contribution >= 0.6 is 8.46 Å². The number of H-pyrrole nitrogens is 1. The lowest BCUT2D eigenvalue weighted by Gasteiger charge is -1.63. The van der Waals surface area contributed by atoms with Crippen LogP contribution in [0.3, 0.4) is 0 Å². The third-order valence-electron chi connectivity index (χ3n) is 0.556. The number of hydrogen-bond donors (Lipinski definition) is 1. The van der Waals surface area contributed by atoms with Crippen molar-refractivity contribution in [3.05, 3.63) is 6.20 Å². The maximum atomic E-state index is 9.95. The van der Waals surface area contributed by atoms with E-state index in [1.54, 1.807) is 0 Å². The van der Waals surface area contributed by atoms with Gasteiger partial charge in [0, 0.05) is 0 Å². The summed E-state index contributed by atoms with van der Waals surface area (Å²) in [5, 5.41) is 9.23. The Morgan fingerprint density at radius 1 is 1.86 bits per heavy atom. The molecule has 1 aromatic heterocycles. The van der Waals surface area contributed by atoms with Crippen LogP contribution in [0.2, 0.25) is 0 Å². The number of hydrogen-bond acceptors (Lipinski definition) is 3. The summed E-state index contributed by atoms with van der Waals surface area (Å²) < 4.78 is 9.95. The van der Waals surface area contributed by atoms with Gasteiger partial charge in [-0.2, -0.15) is 0 Å². The van der Waals surface area contributed by atoms with Gasteiger partial charge < -0.3 is 4.57 Å². The Labute approximate surface area is 41.1 Å². The SMILES string of the molecule is O=[PH2]c1c[nH]nn1. The van der Waals surface area contributed by atoms with Crippen LogP contribution in [0.25, 0.3) is 0 Å². The minimum atomic E-state index is -0.911. The van der Waals surface area contributed by atoms with E-state index in [4.69, 9.17) is 0 Å². The topological polar surface area (TPSA) is 58.6 Å². The molecule has 0 spiro atoms. The van der Waals surface area contributed by atoms with Gasteiger partial charge in [0.1, 0.15) is 13.9 Å². The summed E-state index contributed by atoms with van der Waals surface area (Å²) in [6.07, 6.45) is 1.52. The molecule has 7 heavy (non-hydrogen) atoms. The van der Waals surface area contributed by atoms with Crippen molar-refractivity contribution >= 4 is 13.9 Å². The first-order valence-electron chi connectivity index (χ1n) is 1.75. The zero-order chi connectivity index (χ0) is 5.11. The molecule has 0 saturated heterocycles. The molecule has 1 heterocycles. The first kappa shape index (κ1) is 4.53. The van der Waals surface area contributed by atoms with E-state index < -0.39 is 8.46 Å². The molecule has 0 radical (unpaired) electrons. The van der Waals surface area contributed by atoms with Gasteiger partial charge in [0.05, 0.1) is 6.20 Å². The van der Waals surface area contributed by atoms with E-state index in [9.17, 15) is 4.57 Å². The van der Waals surface area contributed by atoms with Crippen molar-refractivity contribution in [2.45, 2.75) is 0 Å². The van der Waals surface area contributed by atoms with Crippen molar-refractivity contribution in [1.29, 1.82) is 0 Å². The van der Waals surface area contributed by atoms with E-state index in [0.29, 0.717) is 5.44 Å². The van der Waals surface area contributed by atoms with Crippen LogP contribution in [-0.2, 0) is 4.57 Å². The molecule has 0 amide bonds. The Hall–Kier alpha value is -0.630. The van der Waals surface area contributed by atoms with Crippen LogP contribution in [0.15, 0.2) is 6.20 Å². The molecule has 0 aromatic carbocycles. The van der Waals surface area contributed by atoms with E-state index in [1.165, 1.54) is 6.20 Å². The summed E-state index contributed by atoms with van der Waals surface area (Å²) in [5.74, 6) is 0. The van der Waals surface area contributed by atoms with Gasteiger partial charge in [0.15, 0.2) is 0 Å². The van der Waals surface area contributed by atoms with Gasteiger partial charge in [0.25, 0.3) is 0 Å². The minimum absolute atomic E-state index is 0.542. The molecule has 4 nitrogen and oxygen atoms in total. The molecule has 1 rings (SSSR count). The molecule has 0 bridgehead atoms. The standard InChI is InChI=1S/C2H4N3OP/c6-7-2-1-3-5-4-2/h1H,7H2,(H,3,4,5). The maximum absolute atomic E-state index is 9.95. The van der Waals surface area contributed by atoms with Crippen LogP contribution in [-0.4, -0.2) is 15.4 Å². The fraction of sp³-hybridized carbons (Fsp3) is 0. The summed E-state index contributed by atoms with van der Waals surface area (Å²) in [6.45, 7) is 0. The zero-order valence-electron chi connectivity index (χ0n) is 3.46. The Kier molecular flexibility index (Phi) is 1.22. The molecule has 0 saturated carbocycles. The second-order valence-electron chi connectivity index (χ2n) is 1.02. The first-order chi connectivity index (χ1) is 3.43. The van der Waals surface area contributed by atoms with E-state index in [1.807, 2.05) is 0 Å². The molecule has 38 valence electrons. The summed E-state index contributed by atoms with van der Waals surface area (Å²) in [5.41, 5.74) is 0.542. The van der Waals surface area contributed by atoms with Crippen LogP contribution < -0.4 is 5.44 Å². The van der Waals surface area contributed by atoms with Crippen molar-refractivity contribution in [1.82, 2.24) is 15.4 Å². The highest BCUT2D eigenvalue weighted by Gasteiger charge is 1.84. The average Bonchev–Trinajstić information content (AvgIpc) is 2.14. The number of nitrogens with zero attached hydrogens (tertiary/aromatic N) is 2. The van der Waals surface area contributed by atoms with Crippen molar-refractivity contribution in [2.75, 3.05) is 0 Å². The number of rotatable bonds is 1. The average molecular weight is 117 g/mol. The Bertz CT molecular complexity index is 148. The number of aromatic nitrogens is 3. The maximum Gasteiger partial charge on any atom is 0.136 e. The molecule has 0 aliphatic rings. The van der Waals surface area contributed by atoms with Gasteiger partial charge in [-0.05, 0) is 0 Å². The quantitative estimate of drug-likeness (QED) is 0.489. The third kappa shape index (κ3) is 0.871. The highest BCUT2D eigenvalue weighted by molar-refractivity contribution is 7.33. The Morgan fingerprint density at radius 2 is 2.71 bits per heavy atom. The van der Waals surface area contributed by atoms with Gasteiger partial charge >= 0.3 is 0 Å². The second-order valence-corrected chi connectivity index (χ2v) is 1.84. The monoisotopic (exact) mass is 117 g/mol. The lowest BCUT2D eigenvalue weighted by molar-refractivity contribution is 0.602. The smallest absolute Gasteiger partial charge is 0.136 e. The lowest BCUT2D eigenvalue weighted by atomic mass is 11.0.